The number of nitrogens with one attached hydrogen (secondary N) is 3. The zero-order valence-corrected chi connectivity index (χ0v) is 19.1. The van der Waals surface area contributed by atoms with Crippen molar-refractivity contribution >= 4 is 47.4 Å². The van der Waals surface area contributed by atoms with Gasteiger partial charge in [0.1, 0.15) is 5.75 Å². The molecule has 0 atom stereocenters. The maximum absolute atomic E-state index is 12.0. The van der Waals surface area contributed by atoms with Gasteiger partial charge in [-0.05, 0) is 37.3 Å². The van der Waals surface area contributed by atoms with Gasteiger partial charge in [0.2, 0.25) is 0 Å². The highest BCUT2D eigenvalue weighted by atomic mass is 127. The van der Waals surface area contributed by atoms with Crippen LogP contribution in [0.25, 0.3) is 0 Å². The lowest BCUT2D eigenvalue weighted by atomic mass is 10.2. The molecule has 0 aromatic heterocycles. The van der Waals surface area contributed by atoms with E-state index in [1.165, 1.54) is 0 Å². The van der Waals surface area contributed by atoms with E-state index in [0.717, 1.165) is 11.3 Å². The van der Waals surface area contributed by atoms with Crippen LogP contribution in [0.5, 0.6) is 5.75 Å². The molecular formula is C20H26ClIN4O2. The Kier molecular flexibility index (Phi) is 11.4. The number of aliphatic imine (C=N–C) groups is 1. The number of rotatable bonds is 8. The number of ether oxygens (including phenoxy) is 1. The van der Waals surface area contributed by atoms with Gasteiger partial charge in [-0.25, -0.2) is 0 Å². The summed E-state index contributed by atoms with van der Waals surface area (Å²) in [6, 6.07) is 14.7. The maximum atomic E-state index is 12.0. The SMILES string of the molecule is CCOc1ccccc1CNC(=NC)NCCNC(=O)c1ccc(Cl)cc1.I. The number of carbonyl (C=O) groups excluding carboxylic acids is 1. The second-order valence-electron chi connectivity index (χ2n) is 5.66. The summed E-state index contributed by atoms with van der Waals surface area (Å²) in [5.74, 6) is 1.38. The summed E-state index contributed by atoms with van der Waals surface area (Å²) in [5.41, 5.74) is 1.63. The zero-order chi connectivity index (χ0) is 19.5. The topological polar surface area (TPSA) is 74.8 Å². The van der Waals surface area contributed by atoms with Crippen LogP contribution in [0.2, 0.25) is 5.02 Å². The molecule has 2 aromatic rings. The largest absolute Gasteiger partial charge is 0.494 e. The summed E-state index contributed by atoms with van der Waals surface area (Å²) >= 11 is 5.83. The molecule has 0 heterocycles. The van der Waals surface area contributed by atoms with Crippen molar-refractivity contribution < 1.29 is 9.53 Å². The summed E-state index contributed by atoms with van der Waals surface area (Å²) in [6.07, 6.45) is 0. The third-order valence-corrected chi connectivity index (χ3v) is 4.00. The molecule has 0 saturated carbocycles. The molecule has 0 bridgehead atoms. The molecule has 152 valence electrons. The number of halogens is 2. The van der Waals surface area contributed by atoms with E-state index in [4.69, 9.17) is 16.3 Å². The molecule has 1 amide bonds. The number of nitrogens with zero attached hydrogens (tertiary/aromatic N) is 1. The van der Waals surface area contributed by atoms with Gasteiger partial charge in [0.05, 0.1) is 6.61 Å². The Labute approximate surface area is 188 Å². The third kappa shape index (κ3) is 7.93. The first-order chi connectivity index (χ1) is 13.1. The fourth-order valence-electron chi connectivity index (χ4n) is 2.41. The second kappa shape index (κ2) is 13.2. The van der Waals surface area contributed by atoms with E-state index in [0.29, 0.717) is 42.8 Å². The summed E-state index contributed by atoms with van der Waals surface area (Å²) < 4.78 is 5.62. The smallest absolute Gasteiger partial charge is 0.251 e. The van der Waals surface area contributed by atoms with E-state index in [-0.39, 0.29) is 29.9 Å². The van der Waals surface area contributed by atoms with Crippen molar-refractivity contribution in [3.63, 3.8) is 0 Å². The molecule has 2 aromatic carbocycles. The van der Waals surface area contributed by atoms with Crippen molar-refractivity contribution in [1.82, 2.24) is 16.0 Å². The van der Waals surface area contributed by atoms with Gasteiger partial charge in [-0.15, -0.1) is 24.0 Å². The molecule has 2 rings (SSSR count). The van der Waals surface area contributed by atoms with Gasteiger partial charge in [-0.3, -0.25) is 9.79 Å². The second-order valence-corrected chi connectivity index (χ2v) is 6.09. The zero-order valence-electron chi connectivity index (χ0n) is 16.0. The normalized spacial score (nSPS) is 10.6. The van der Waals surface area contributed by atoms with Crippen molar-refractivity contribution in [2.75, 3.05) is 26.7 Å². The van der Waals surface area contributed by atoms with Crippen LogP contribution in [-0.2, 0) is 6.54 Å². The summed E-state index contributed by atoms with van der Waals surface area (Å²) in [7, 11) is 1.70. The van der Waals surface area contributed by atoms with Gasteiger partial charge in [0, 0.05) is 42.8 Å². The maximum Gasteiger partial charge on any atom is 0.251 e. The molecule has 0 radical (unpaired) electrons. The first-order valence-electron chi connectivity index (χ1n) is 8.83. The molecule has 3 N–H and O–H groups in total. The van der Waals surface area contributed by atoms with Crippen LogP contribution in [0.3, 0.4) is 0 Å². The number of amides is 1. The number of hydrogen-bond acceptors (Lipinski definition) is 3. The Morgan fingerprint density at radius 3 is 2.39 bits per heavy atom. The summed E-state index contributed by atoms with van der Waals surface area (Å²) in [4.78, 5) is 16.2. The molecule has 0 aliphatic rings. The first-order valence-corrected chi connectivity index (χ1v) is 9.20. The van der Waals surface area contributed by atoms with E-state index in [2.05, 4.69) is 20.9 Å². The fraction of sp³-hybridized carbons (Fsp3) is 0.300. The van der Waals surface area contributed by atoms with Crippen LogP contribution < -0.4 is 20.7 Å². The Morgan fingerprint density at radius 2 is 1.71 bits per heavy atom. The van der Waals surface area contributed by atoms with Gasteiger partial charge in [-0.2, -0.15) is 0 Å². The Morgan fingerprint density at radius 1 is 1.04 bits per heavy atom. The summed E-state index contributed by atoms with van der Waals surface area (Å²) in [6.45, 7) is 4.19. The fourth-order valence-corrected chi connectivity index (χ4v) is 2.53. The highest BCUT2D eigenvalue weighted by Crippen LogP contribution is 2.17. The molecule has 6 nitrogen and oxygen atoms in total. The van der Waals surface area contributed by atoms with E-state index < -0.39 is 0 Å². The number of guanidine groups is 1. The quantitative estimate of drug-likeness (QED) is 0.217. The van der Waals surface area contributed by atoms with Crippen molar-refractivity contribution in [1.29, 1.82) is 0 Å². The van der Waals surface area contributed by atoms with Crippen molar-refractivity contribution in [3.05, 3.63) is 64.7 Å². The molecule has 0 aliphatic carbocycles. The molecule has 8 heteroatoms. The molecule has 0 fully saturated rings. The number of carbonyl (C=O) groups is 1. The third-order valence-electron chi connectivity index (χ3n) is 3.75. The standard InChI is InChI=1S/C20H25ClN4O2.HI/c1-3-27-18-7-5-4-6-16(18)14-25-20(22-2)24-13-12-23-19(26)15-8-10-17(21)11-9-15;/h4-11H,3,12-14H2,1-2H3,(H,23,26)(H2,22,24,25);1H. The van der Waals surface area contributed by atoms with E-state index in [9.17, 15) is 4.79 Å². The molecule has 0 aliphatic heterocycles. The first kappa shape index (κ1) is 24.0. The van der Waals surface area contributed by atoms with Crippen LogP contribution in [-0.4, -0.2) is 38.6 Å². The lowest BCUT2D eigenvalue weighted by molar-refractivity contribution is 0.0954. The molecule has 0 spiro atoms. The minimum absolute atomic E-state index is 0. The molecular weight excluding hydrogens is 491 g/mol. The van der Waals surface area contributed by atoms with Gasteiger partial charge in [0.25, 0.3) is 5.91 Å². The molecule has 0 saturated heterocycles. The number of para-hydroxylation sites is 1. The van der Waals surface area contributed by atoms with Crippen LogP contribution in [0, 0.1) is 0 Å². The van der Waals surface area contributed by atoms with Gasteiger partial charge >= 0.3 is 0 Å². The Balaban J connectivity index is 0.00000392. The predicted octanol–water partition coefficient (Wildman–Crippen LogP) is 3.45. The van der Waals surface area contributed by atoms with Gasteiger partial charge in [0.15, 0.2) is 5.96 Å². The highest BCUT2D eigenvalue weighted by molar-refractivity contribution is 14.0. The minimum atomic E-state index is -0.137. The van der Waals surface area contributed by atoms with Crippen molar-refractivity contribution in [2.24, 2.45) is 4.99 Å². The Hall–Kier alpha value is -2.00. The lowest BCUT2D eigenvalue weighted by Crippen LogP contribution is -2.41. The van der Waals surface area contributed by atoms with Crippen LogP contribution in [0.15, 0.2) is 53.5 Å². The van der Waals surface area contributed by atoms with Crippen molar-refractivity contribution in [3.8, 4) is 5.75 Å². The highest BCUT2D eigenvalue weighted by Gasteiger charge is 2.06. The molecule has 28 heavy (non-hydrogen) atoms. The average molecular weight is 517 g/mol. The predicted molar refractivity (Wildman–Crippen MR) is 125 cm³/mol. The van der Waals surface area contributed by atoms with Gasteiger partial charge < -0.3 is 20.7 Å². The summed E-state index contributed by atoms with van der Waals surface area (Å²) in [5, 5.41) is 9.87. The lowest BCUT2D eigenvalue weighted by Gasteiger charge is -2.14. The van der Waals surface area contributed by atoms with E-state index >= 15 is 0 Å². The van der Waals surface area contributed by atoms with Crippen LogP contribution >= 0.6 is 35.6 Å². The molecule has 0 unspecified atom stereocenters. The Bertz CT molecular complexity index is 769. The van der Waals surface area contributed by atoms with Crippen LogP contribution in [0.1, 0.15) is 22.8 Å². The number of hydrogen-bond donors (Lipinski definition) is 3. The number of benzene rings is 2. The van der Waals surface area contributed by atoms with Crippen LogP contribution in [0.4, 0.5) is 0 Å². The van der Waals surface area contributed by atoms with E-state index in [1.54, 1.807) is 31.3 Å². The van der Waals surface area contributed by atoms with Crippen molar-refractivity contribution in [2.45, 2.75) is 13.5 Å². The minimum Gasteiger partial charge on any atom is -0.494 e. The van der Waals surface area contributed by atoms with E-state index in [1.807, 2.05) is 31.2 Å². The van der Waals surface area contributed by atoms with Gasteiger partial charge in [-0.1, -0.05) is 29.8 Å². The average Bonchev–Trinajstić information content (AvgIpc) is 2.69. The monoisotopic (exact) mass is 516 g/mol.